The second-order valence-corrected chi connectivity index (χ2v) is 9.44. The van der Waals surface area contributed by atoms with E-state index in [0.29, 0.717) is 48.6 Å². The number of nitrogens with one attached hydrogen (secondary N) is 1. The van der Waals surface area contributed by atoms with Crippen molar-refractivity contribution >= 4 is 46.1 Å². The fraction of sp³-hybridized carbons (Fsp3) is 0.536. The van der Waals surface area contributed by atoms with Gasteiger partial charge in [-0.2, -0.15) is 0 Å². The highest BCUT2D eigenvalue weighted by Gasteiger charge is 2.31. The van der Waals surface area contributed by atoms with Crippen molar-refractivity contribution in [3.63, 3.8) is 0 Å². The Kier molecular flexibility index (Phi) is 10.4. The van der Waals surface area contributed by atoms with E-state index in [0.717, 1.165) is 19.3 Å². The third kappa shape index (κ3) is 7.90. The van der Waals surface area contributed by atoms with Crippen molar-refractivity contribution in [1.29, 1.82) is 0 Å². The molecule has 206 valence electrons. The molecule has 1 aromatic carbocycles. The molecule has 1 N–H and O–H groups in total. The number of ketones is 1. The van der Waals surface area contributed by atoms with Gasteiger partial charge in [-0.1, -0.05) is 6.92 Å². The van der Waals surface area contributed by atoms with Gasteiger partial charge in [0.15, 0.2) is 0 Å². The number of amides is 2. The highest BCUT2D eigenvalue weighted by molar-refractivity contribution is 6.45. The Hall–Kier alpha value is -3.69. The van der Waals surface area contributed by atoms with E-state index >= 15 is 0 Å². The summed E-state index contributed by atoms with van der Waals surface area (Å²) in [5, 5.41) is 3.24. The fourth-order valence-corrected chi connectivity index (χ4v) is 4.30. The van der Waals surface area contributed by atoms with E-state index in [1.165, 1.54) is 6.20 Å². The number of benzene rings is 1. The number of esters is 2. The zero-order valence-electron chi connectivity index (χ0n) is 22.4. The van der Waals surface area contributed by atoms with E-state index in [4.69, 9.17) is 9.47 Å². The smallest absolute Gasteiger partial charge is 0.325 e. The Morgan fingerprint density at radius 1 is 1.00 bits per heavy atom. The predicted octanol–water partition coefficient (Wildman–Crippen LogP) is 3.71. The molecular formula is C28H37N3O7. The molecule has 1 aliphatic carbocycles. The summed E-state index contributed by atoms with van der Waals surface area (Å²) in [6.45, 7) is 6.85. The van der Waals surface area contributed by atoms with Gasteiger partial charge in [-0.3, -0.25) is 24.0 Å². The van der Waals surface area contributed by atoms with Crippen LogP contribution < -0.4 is 5.32 Å². The number of aromatic nitrogens is 1. The standard InChI is InChI=1S/C28H37N3O7/c1-4-14-30(16-19-10-11-19)28(36)27(35)22-17-31(18-26(34)38-6-3)23-13-12-20(15-21(22)23)29-24(32)8-7-9-25(33)37-5-2/h12-13,15,17,19H,4-11,14,16,18H2,1-3H3,(H,29,32). The van der Waals surface area contributed by atoms with E-state index in [1.54, 1.807) is 41.5 Å². The van der Waals surface area contributed by atoms with Crippen LogP contribution in [0, 0.1) is 5.92 Å². The first-order valence-electron chi connectivity index (χ1n) is 13.3. The Balaban J connectivity index is 1.84. The molecule has 38 heavy (non-hydrogen) atoms. The summed E-state index contributed by atoms with van der Waals surface area (Å²) in [6, 6.07) is 4.99. The summed E-state index contributed by atoms with van der Waals surface area (Å²) in [4.78, 5) is 64.4. The predicted molar refractivity (Wildman–Crippen MR) is 142 cm³/mol. The molecule has 3 rings (SSSR count). The molecule has 10 nitrogen and oxygen atoms in total. The Morgan fingerprint density at radius 3 is 2.37 bits per heavy atom. The summed E-state index contributed by atoms with van der Waals surface area (Å²) < 4.78 is 11.5. The number of hydrogen-bond donors (Lipinski definition) is 1. The van der Waals surface area contributed by atoms with Gasteiger partial charge in [-0.25, -0.2) is 0 Å². The van der Waals surface area contributed by atoms with Crippen LogP contribution in [0.5, 0.6) is 0 Å². The molecular weight excluding hydrogens is 490 g/mol. The molecule has 1 heterocycles. The molecule has 1 aromatic heterocycles. The number of carbonyl (C=O) groups excluding carboxylic acids is 5. The van der Waals surface area contributed by atoms with Crippen LogP contribution >= 0.6 is 0 Å². The van der Waals surface area contributed by atoms with Crippen LogP contribution in [0.1, 0.15) is 69.7 Å². The van der Waals surface area contributed by atoms with E-state index in [2.05, 4.69) is 5.32 Å². The summed E-state index contributed by atoms with van der Waals surface area (Å²) >= 11 is 0. The largest absolute Gasteiger partial charge is 0.466 e. The van der Waals surface area contributed by atoms with Crippen molar-refractivity contribution in [2.75, 3.05) is 31.6 Å². The highest BCUT2D eigenvalue weighted by atomic mass is 16.5. The highest BCUT2D eigenvalue weighted by Crippen LogP contribution is 2.31. The summed E-state index contributed by atoms with van der Waals surface area (Å²) in [5.74, 6) is -1.88. The zero-order valence-corrected chi connectivity index (χ0v) is 22.4. The molecule has 1 saturated carbocycles. The molecule has 10 heteroatoms. The molecule has 0 spiro atoms. The van der Waals surface area contributed by atoms with Gasteiger partial charge in [0.25, 0.3) is 11.7 Å². The van der Waals surface area contributed by atoms with Crippen molar-refractivity contribution in [2.45, 2.75) is 65.8 Å². The van der Waals surface area contributed by atoms with Gasteiger partial charge in [0.05, 0.1) is 18.8 Å². The lowest BCUT2D eigenvalue weighted by atomic mass is 10.1. The molecule has 0 bridgehead atoms. The summed E-state index contributed by atoms with van der Waals surface area (Å²) in [7, 11) is 0. The van der Waals surface area contributed by atoms with Crippen molar-refractivity contribution in [1.82, 2.24) is 9.47 Å². The zero-order chi connectivity index (χ0) is 27.7. The van der Waals surface area contributed by atoms with Gasteiger partial charge >= 0.3 is 11.9 Å². The van der Waals surface area contributed by atoms with Crippen LogP contribution in [-0.2, 0) is 35.2 Å². The normalized spacial score (nSPS) is 12.7. The number of Topliss-reactive ketones (excluding diaryl/α,β-unsaturated/α-hetero) is 1. The van der Waals surface area contributed by atoms with E-state index in [1.807, 2.05) is 6.92 Å². The number of carbonyl (C=O) groups is 5. The summed E-state index contributed by atoms with van der Waals surface area (Å²) in [6.07, 6.45) is 4.98. The first kappa shape index (κ1) is 28.9. The van der Waals surface area contributed by atoms with Gasteiger partial charge in [0, 0.05) is 48.7 Å². The van der Waals surface area contributed by atoms with E-state index < -0.39 is 17.7 Å². The van der Waals surface area contributed by atoms with Gasteiger partial charge in [0.2, 0.25) is 5.91 Å². The van der Waals surface area contributed by atoms with Crippen LogP contribution in [0.4, 0.5) is 5.69 Å². The first-order chi connectivity index (χ1) is 18.3. The third-order valence-corrected chi connectivity index (χ3v) is 6.25. The molecule has 0 unspecified atom stereocenters. The summed E-state index contributed by atoms with van der Waals surface area (Å²) in [5.41, 5.74) is 1.18. The second-order valence-electron chi connectivity index (χ2n) is 9.44. The number of fused-ring (bicyclic) bond motifs is 1. The van der Waals surface area contributed by atoms with Gasteiger partial charge in [0.1, 0.15) is 6.54 Å². The number of ether oxygens (including phenoxy) is 2. The lowest BCUT2D eigenvalue weighted by Gasteiger charge is -2.21. The maximum Gasteiger partial charge on any atom is 0.325 e. The van der Waals surface area contributed by atoms with Crippen LogP contribution in [0.2, 0.25) is 0 Å². The van der Waals surface area contributed by atoms with Crippen molar-refractivity contribution in [3.8, 4) is 0 Å². The lowest BCUT2D eigenvalue weighted by Crippen LogP contribution is -2.38. The van der Waals surface area contributed by atoms with Gasteiger partial charge in [-0.05, 0) is 63.6 Å². The molecule has 2 amide bonds. The number of anilines is 1. The Morgan fingerprint density at radius 2 is 1.71 bits per heavy atom. The molecule has 0 saturated heterocycles. The van der Waals surface area contributed by atoms with Gasteiger partial charge < -0.3 is 24.3 Å². The maximum atomic E-state index is 13.4. The van der Waals surface area contributed by atoms with Crippen LogP contribution in [-0.4, -0.2) is 65.3 Å². The maximum absolute atomic E-state index is 13.4. The van der Waals surface area contributed by atoms with Crippen LogP contribution in [0.3, 0.4) is 0 Å². The quantitative estimate of drug-likeness (QED) is 0.213. The fourth-order valence-electron chi connectivity index (χ4n) is 4.30. The minimum Gasteiger partial charge on any atom is -0.466 e. The first-order valence-corrected chi connectivity index (χ1v) is 13.3. The van der Waals surface area contributed by atoms with Crippen molar-refractivity contribution in [3.05, 3.63) is 30.0 Å². The van der Waals surface area contributed by atoms with Crippen molar-refractivity contribution in [2.24, 2.45) is 5.92 Å². The lowest BCUT2D eigenvalue weighted by molar-refractivity contribution is -0.144. The number of nitrogens with zero attached hydrogens (tertiary/aromatic N) is 2. The molecule has 0 atom stereocenters. The minimum atomic E-state index is -0.648. The molecule has 0 radical (unpaired) electrons. The molecule has 1 aliphatic rings. The third-order valence-electron chi connectivity index (χ3n) is 6.25. The minimum absolute atomic E-state index is 0.119. The second kappa shape index (κ2) is 13.7. The van der Waals surface area contributed by atoms with E-state index in [-0.39, 0.29) is 43.4 Å². The van der Waals surface area contributed by atoms with Gasteiger partial charge in [-0.15, -0.1) is 0 Å². The SMILES string of the molecule is CCCN(CC1CC1)C(=O)C(=O)c1cn(CC(=O)OCC)c2ccc(NC(=O)CCCC(=O)OCC)cc12. The Labute approximate surface area is 222 Å². The Bertz CT molecular complexity index is 1180. The topological polar surface area (TPSA) is 124 Å². The molecule has 1 fully saturated rings. The monoisotopic (exact) mass is 527 g/mol. The van der Waals surface area contributed by atoms with Crippen LogP contribution in [0.25, 0.3) is 10.9 Å². The number of hydrogen-bond acceptors (Lipinski definition) is 7. The number of rotatable bonds is 15. The van der Waals surface area contributed by atoms with E-state index in [9.17, 15) is 24.0 Å². The molecule has 0 aliphatic heterocycles. The van der Waals surface area contributed by atoms with Crippen LogP contribution in [0.15, 0.2) is 24.4 Å². The average Bonchev–Trinajstić information content (AvgIpc) is 3.63. The molecule has 2 aromatic rings. The van der Waals surface area contributed by atoms with Crippen molar-refractivity contribution < 1.29 is 33.4 Å². The average molecular weight is 528 g/mol.